The van der Waals surface area contributed by atoms with Gasteiger partial charge in [0.05, 0.1) is 11.6 Å². The summed E-state index contributed by atoms with van der Waals surface area (Å²) >= 11 is 0. The Morgan fingerprint density at radius 2 is 1.92 bits per heavy atom. The third-order valence-corrected chi connectivity index (χ3v) is 3.71. The molecule has 0 aliphatic rings. The van der Waals surface area contributed by atoms with Gasteiger partial charge in [0.25, 0.3) is 0 Å². The van der Waals surface area contributed by atoms with Crippen LogP contribution in [0.3, 0.4) is 0 Å². The smallest absolute Gasteiger partial charge is 0.335 e. The number of aromatic carboxylic acids is 1. The van der Waals surface area contributed by atoms with Crippen LogP contribution in [0.2, 0.25) is 0 Å². The Kier molecular flexibility index (Phi) is 6.06. The quantitative estimate of drug-likeness (QED) is 0.544. The second kappa shape index (κ2) is 8.24. The molecule has 2 unspecified atom stereocenters. The molecule has 1 aromatic heterocycles. The number of aromatic nitrogens is 1. The number of carboxylic acids is 1. The highest BCUT2D eigenvalue weighted by molar-refractivity contribution is 5.88. The molecule has 130 valence electrons. The number of allylic oxidation sites excluding steroid dienone is 5. The van der Waals surface area contributed by atoms with E-state index in [2.05, 4.69) is 6.58 Å². The fraction of sp³-hybridized carbons (Fsp3) is 0.150. The van der Waals surface area contributed by atoms with Crippen LogP contribution in [0.1, 0.15) is 23.3 Å². The maximum Gasteiger partial charge on any atom is 0.335 e. The van der Waals surface area contributed by atoms with Crippen LogP contribution < -0.4 is 0 Å². The molecule has 2 aromatic rings. The number of nitrogens with zero attached hydrogens (tertiary/aromatic N) is 1. The maximum atomic E-state index is 13.8. The lowest BCUT2D eigenvalue weighted by atomic mass is 10.1. The fourth-order valence-electron chi connectivity index (χ4n) is 2.28. The molecule has 0 radical (unpaired) electrons. The number of rotatable bonds is 7. The molecule has 0 bridgehead atoms. The van der Waals surface area contributed by atoms with E-state index in [4.69, 9.17) is 5.11 Å². The van der Waals surface area contributed by atoms with Crippen LogP contribution in [0, 0.1) is 0 Å². The molecular formula is C20H19F2NO2. The van der Waals surface area contributed by atoms with Crippen molar-refractivity contribution in [2.24, 2.45) is 0 Å². The number of benzene rings is 1. The monoisotopic (exact) mass is 343 g/mol. The molecule has 1 N–H and O–H groups in total. The largest absolute Gasteiger partial charge is 0.478 e. The summed E-state index contributed by atoms with van der Waals surface area (Å²) in [6, 6.07) is 8.13. The summed E-state index contributed by atoms with van der Waals surface area (Å²) in [5, 5.41) is 8.92. The molecule has 3 nitrogen and oxygen atoms in total. The van der Waals surface area contributed by atoms with Crippen molar-refractivity contribution in [3.63, 3.8) is 0 Å². The van der Waals surface area contributed by atoms with E-state index in [9.17, 15) is 13.6 Å². The summed E-state index contributed by atoms with van der Waals surface area (Å²) < 4.78 is 28.6. The van der Waals surface area contributed by atoms with E-state index in [1.165, 1.54) is 18.2 Å². The minimum absolute atomic E-state index is 0.221. The first-order chi connectivity index (χ1) is 11.9. The first-order valence-electron chi connectivity index (χ1n) is 7.74. The molecular weight excluding hydrogens is 324 g/mol. The molecule has 0 spiro atoms. The summed E-state index contributed by atoms with van der Waals surface area (Å²) in [5.74, 6) is -1.50. The van der Waals surface area contributed by atoms with Crippen LogP contribution in [0.15, 0.2) is 79.4 Å². The molecule has 0 amide bonds. The van der Waals surface area contributed by atoms with Gasteiger partial charge in [-0.15, -0.1) is 0 Å². The van der Waals surface area contributed by atoms with Gasteiger partial charge in [-0.3, -0.25) is 0 Å². The second-order valence-electron chi connectivity index (χ2n) is 5.56. The van der Waals surface area contributed by atoms with E-state index in [1.54, 1.807) is 18.3 Å². The SMILES string of the molecule is C=CC(F)C=C/C(F)=C\C(C)n1ccc(-c2ccc(C(=O)O)cc2)c1. The van der Waals surface area contributed by atoms with E-state index in [0.717, 1.165) is 29.4 Å². The van der Waals surface area contributed by atoms with Gasteiger partial charge in [-0.25, -0.2) is 13.6 Å². The summed E-state index contributed by atoms with van der Waals surface area (Å²) in [4.78, 5) is 10.9. The van der Waals surface area contributed by atoms with Crippen molar-refractivity contribution < 1.29 is 18.7 Å². The van der Waals surface area contributed by atoms with Gasteiger partial charge in [-0.2, -0.15) is 0 Å². The van der Waals surface area contributed by atoms with Gasteiger partial charge in [-0.05, 0) is 54.5 Å². The Hall–Kier alpha value is -2.95. The van der Waals surface area contributed by atoms with Crippen molar-refractivity contribution in [2.75, 3.05) is 0 Å². The second-order valence-corrected chi connectivity index (χ2v) is 5.56. The molecule has 0 aliphatic carbocycles. The maximum absolute atomic E-state index is 13.8. The van der Waals surface area contributed by atoms with Crippen LogP contribution in [0.5, 0.6) is 0 Å². The molecule has 0 saturated carbocycles. The first kappa shape index (κ1) is 18.4. The van der Waals surface area contributed by atoms with Gasteiger partial charge in [0.15, 0.2) is 0 Å². The van der Waals surface area contributed by atoms with Gasteiger partial charge in [0.2, 0.25) is 0 Å². The molecule has 1 heterocycles. The zero-order valence-corrected chi connectivity index (χ0v) is 13.8. The highest BCUT2D eigenvalue weighted by Gasteiger charge is 2.07. The van der Waals surface area contributed by atoms with Crippen molar-refractivity contribution in [3.05, 3.63) is 85.0 Å². The standard InChI is InChI=1S/C20H19F2NO2/c1-3-18(21)8-9-19(22)12-14(2)23-11-10-17(13-23)15-4-6-16(7-5-15)20(24)25/h3-14,18H,1H2,2H3,(H,24,25)/b9-8?,19-12+. The molecule has 0 aliphatic heterocycles. The van der Waals surface area contributed by atoms with Gasteiger partial charge in [0, 0.05) is 12.4 Å². The van der Waals surface area contributed by atoms with Crippen molar-refractivity contribution >= 4 is 5.97 Å². The highest BCUT2D eigenvalue weighted by Crippen LogP contribution is 2.23. The lowest BCUT2D eigenvalue weighted by Crippen LogP contribution is -1.99. The van der Waals surface area contributed by atoms with Gasteiger partial charge >= 0.3 is 5.97 Å². The third-order valence-electron chi connectivity index (χ3n) is 3.71. The summed E-state index contributed by atoms with van der Waals surface area (Å²) in [6.07, 6.45) is 6.91. The molecule has 1 aromatic carbocycles. The Bertz CT molecular complexity index is 803. The number of carboxylic acid groups (broad SMARTS) is 1. The van der Waals surface area contributed by atoms with Crippen LogP contribution in [0.4, 0.5) is 8.78 Å². The predicted molar refractivity (Wildman–Crippen MR) is 95.0 cm³/mol. The van der Waals surface area contributed by atoms with Gasteiger partial charge in [0.1, 0.15) is 12.0 Å². The number of carbonyl (C=O) groups is 1. The van der Waals surface area contributed by atoms with E-state index >= 15 is 0 Å². The average Bonchev–Trinajstić information content (AvgIpc) is 3.10. The van der Waals surface area contributed by atoms with Crippen LogP contribution in [-0.4, -0.2) is 21.8 Å². The van der Waals surface area contributed by atoms with Crippen LogP contribution in [0.25, 0.3) is 11.1 Å². The predicted octanol–water partition coefficient (Wildman–Crippen LogP) is 5.35. The Labute approximate surface area is 145 Å². The fourth-order valence-corrected chi connectivity index (χ4v) is 2.28. The van der Waals surface area contributed by atoms with E-state index < -0.39 is 18.0 Å². The van der Waals surface area contributed by atoms with Crippen LogP contribution >= 0.6 is 0 Å². The lowest BCUT2D eigenvalue weighted by molar-refractivity contribution is 0.0697. The van der Waals surface area contributed by atoms with Crippen LogP contribution in [-0.2, 0) is 0 Å². The van der Waals surface area contributed by atoms with Gasteiger partial charge < -0.3 is 9.67 Å². The molecule has 5 heteroatoms. The highest BCUT2D eigenvalue weighted by atomic mass is 19.1. The average molecular weight is 343 g/mol. The van der Waals surface area contributed by atoms with E-state index in [1.807, 2.05) is 23.8 Å². The van der Waals surface area contributed by atoms with Crippen molar-refractivity contribution in [2.45, 2.75) is 19.1 Å². The molecule has 2 atom stereocenters. The number of hydrogen-bond donors (Lipinski definition) is 1. The van der Waals surface area contributed by atoms with Gasteiger partial charge in [-0.1, -0.05) is 24.8 Å². The summed E-state index contributed by atoms with van der Waals surface area (Å²) in [6.45, 7) is 5.10. The Balaban J connectivity index is 2.13. The van der Waals surface area contributed by atoms with Crippen molar-refractivity contribution in [1.82, 2.24) is 4.57 Å². The zero-order chi connectivity index (χ0) is 18.4. The topological polar surface area (TPSA) is 42.2 Å². The Morgan fingerprint density at radius 1 is 1.24 bits per heavy atom. The summed E-state index contributed by atoms with van der Waals surface area (Å²) in [5.41, 5.74) is 1.98. The van der Waals surface area contributed by atoms with E-state index in [0.29, 0.717) is 0 Å². The first-order valence-corrected chi connectivity index (χ1v) is 7.74. The third kappa shape index (κ3) is 5.01. The number of alkyl halides is 1. The zero-order valence-electron chi connectivity index (χ0n) is 13.8. The number of hydrogen-bond acceptors (Lipinski definition) is 1. The minimum atomic E-state index is -1.37. The minimum Gasteiger partial charge on any atom is -0.478 e. The molecule has 0 fully saturated rings. The van der Waals surface area contributed by atoms with E-state index in [-0.39, 0.29) is 11.6 Å². The molecule has 0 saturated heterocycles. The lowest BCUT2D eigenvalue weighted by Gasteiger charge is -2.08. The number of halogens is 2. The Morgan fingerprint density at radius 3 is 2.52 bits per heavy atom. The summed E-state index contributed by atoms with van der Waals surface area (Å²) in [7, 11) is 0. The molecule has 25 heavy (non-hydrogen) atoms. The normalized spacial score (nSPS) is 14.4. The van der Waals surface area contributed by atoms with Crippen molar-refractivity contribution in [3.8, 4) is 11.1 Å². The van der Waals surface area contributed by atoms with Crippen molar-refractivity contribution in [1.29, 1.82) is 0 Å². The molecule has 2 rings (SSSR count).